The Kier molecular flexibility index (Phi) is 4.91. The summed E-state index contributed by atoms with van der Waals surface area (Å²) < 4.78 is 19.0. The van der Waals surface area contributed by atoms with Crippen molar-refractivity contribution in [1.29, 1.82) is 0 Å². The second-order valence-corrected chi connectivity index (χ2v) is 8.24. The molecule has 1 aliphatic heterocycles. The number of anilines is 1. The van der Waals surface area contributed by atoms with Gasteiger partial charge in [-0.05, 0) is 43.9 Å². The first kappa shape index (κ1) is 18.5. The Morgan fingerprint density at radius 1 is 1.03 bits per heavy atom. The van der Waals surface area contributed by atoms with E-state index in [4.69, 9.17) is 9.51 Å². The smallest absolute Gasteiger partial charge is 0.223 e. The Morgan fingerprint density at radius 3 is 2.52 bits per heavy atom. The summed E-state index contributed by atoms with van der Waals surface area (Å²) in [6, 6.07) is 7.92. The number of rotatable bonds is 4. The molecule has 2 aromatic heterocycles. The molecule has 0 spiro atoms. The van der Waals surface area contributed by atoms with Crippen molar-refractivity contribution in [3.8, 4) is 11.4 Å². The minimum absolute atomic E-state index is 0.279. The zero-order valence-electron chi connectivity index (χ0n) is 16.7. The molecule has 5 rings (SSSR count). The summed E-state index contributed by atoms with van der Waals surface area (Å²) in [5.41, 5.74) is 1.48. The molecule has 0 bridgehead atoms. The number of nitrogens with zero attached hydrogens (tertiary/aromatic N) is 4. The second-order valence-electron chi connectivity index (χ2n) is 8.24. The molecule has 2 fully saturated rings. The summed E-state index contributed by atoms with van der Waals surface area (Å²) in [5, 5.41) is 8.82. The molecular weight excluding hydrogens is 369 g/mol. The van der Waals surface area contributed by atoms with Gasteiger partial charge >= 0.3 is 0 Å². The van der Waals surface area contributed by atoms with Gasteiger partial charge in [0.25, 0.3) is 0 Å². The normalized spacial score (nSPS) is 18.8. The average Bonchev–Trinajstić information content (AvgIpc) is 3.39. The van der Waals surface area contributed by atoms with E-state index in [1.54, 1.807) is 13.0 Å². The molecule has 0 amide bonds. The summed E-state index contributed by atoms with van der Waals surface area (Å²) in [7, 11) is 0. The van der Waals surface area contributed by atoms with Crippen molar-refractivity contribution in [3.05, 3.63) is 36.0 Å². The van der Waals surface area contributed by atoms with Crippen LogP contribution < -0.4 is 10.2 Å². The number of hydrogen-bond acceptors (Lipinski definition) is 6. The number of pyridine rings is 1. The molecule has 1 saturated carbocycles. The van der Waals surface area contributed by atoms with Gasteiger partial charge in [-0.3, -0.25) is 0 Å². The lowest BCUT2D eigenvalue weighted by Gasteiger charge is -2.35. The summed E-state index contributed by atoms with van der Waals surface area (Å²) in [6.07, 6.45) is 7.45. The zero-order chi connectivity index (χ0) is 19.8. The number of piperidine rings is 1. The Hall–Kier alpha value is -2.54. The van der Waals surface area contributed by atoms with Crippen LogP contribution in [0.3, 0.4) is 0 Å². The van der Waals surface area contributed by atoms with Crippen LogP contribution in [0.5, 0.6) is 0 Å². The van der Waals surface area contributed by atoms with E-state index in [1.165, 1.54) is 37.8 Å². The number of halogens is 1. The third-order valence-electron chi connectivity index (χ3n) is 6.15. The highest BCUT2D eigenvalue weighted by Crippen LogP contribution is 2.33. The van der Waals surface area contributed by atoms with Gasteiger partial charge in [0.2, 0.25) is 11.7 Å². The molecule has 29 heavy (non-hydrogen) atoms. The number of nitrogens with one attached hydrogen (secondary N) is 1. The first-order valence-corrected chi connectivity index (χ1v) is 10.6. The van der Waals surface area contributed by atoms with Gasteiger partial charge in [0.1, 0.15) is 11.6 Å². The predicted octanol–water partition coefficient (Wildman–Crippen LogP) is 4.23. The topological polar surface area (TPSA) is 67.1 Å². The summed E-state index contributed by atoms with van der Waals surface area (Å²) >= 11 is 0. The Morgan fingerprint density at radius 2 is 1.79 bits per heavy atom. The average molecular weight is 395 g/mol. The number of fused-ring (bicyclic) bond motifs is 1. The molecule has 152 valence electrons. The lowest BCUT2D eigenvalue weighted by Crippen LogP contribution is -2.45. The number of aryl methyl sites for hydroxylation is 1. The first-order valence-electron chi connectivity index (χ1n) is 10.6. The van der Waals surface area contributed by atoms with E-state index in [-0.39, 0.29) is 5.82 Å². The molecule has 3 heterocycles. The van der Waals surface area contributed by atoms with Crippen molar-refractivity contribution in [1.82, 2.24) is 20.4 Å². The highest BCUT2D eigenvalue weighted by atomic mass is 19.1. The molecule has 1 aliphatic carbocycles. The van der Waals surface area contributed by atoms with Crippen molar-refractivity contribution in [2.45, 2.75) is 57.5 Å². The van der Waals surface area contributed by atoms with E-state index in [2.05, 4.69) is 20.4 Å². The van der Waals surface area contributed by atoms with Crippen LogP contribution in [0.25, 0.3) is 22.3 Å². The minimum atomic E-state index is -0.279. The lowest BCUT2D eigenvalue weighted by molar-refractivity contribution is 0.367. The molecule has 3 aromatic rings. The lowest BCUT2D eigenvalue weighted by atomic mass is 10.0. The summed E-state index contributed by atoms with van der Waals surface area (Å²) in [6.45, 7) is 3.59. The maximum atomic E-state index is 13.8. The van der Waals surface area contributed by atoms with Gasteiger partial charge in [-0.1, -0.05) is 18.0 Å². The molecule has 1 saturated heterocycles. The van der Waals surface area contributed by atoms with Gasteiger partial charge in [-0.15, -0.1) is 0 Å². The SMILES string of the molecule is Cc1nc(-c2cc3ccc(F)cc3nc2N2CCC(NC3CCCC3)CC2)no1. The fourth-order valence-corrected chi connectivity index (χ4v) is 4.63. The zero-order valence-corrected chi connectivity index (χ0v) is 16.7. The van der Waals surface area contributed by atoms with Gasteiger partial charge in [0.15, 0.2) is 0 Å². The number of hydrogen-bond donors (Lipinski definition) is 1. The molecule has 7 heteroatoms. The predicted molar refractivity (Wildman–Crippen MR) is 110 cm³/mol. The Bertz CT molecular complexity index is 1010. The van der Waals surface area contributed by atoms with Gasteiger partial charge in [0.05, 0.1) is 11.1 Å². The van der Waals surface area contributed by atoms with E-state index in [0.717, 1.165) is 42.7 Å². The van der Waals surface area contributed by atoms with E-state index in [0.29, 0.717) is 29.3 Å². The third-order valence-corrected chi connectivity index (χ3v) is 6.15. The van der Waals surface area contributed by atoms with Crippen LogP contribution in [0.15, 0.2) is 28.8 Å². The molecule has 0 radical (unpaired) electrons. The van der Waals surface area contributed by atoms with Crippen molar-refractivity contribution in [2.24, 2.45) is 0 Å². The quantitative estimate of drug-likeness (QED) is 0.713. The molecule has 2 aliphatic rings. The van der Waals surface area contributed by atoms with Gasteiger partial charge < -0.3 is 14.7 Å². The monoisotopic (exact) mass is 395 g/mol. The molecule has 6 nitrogen and oxygen atoms in total. The van der Waals surface area contributed by atoms with E-state index >= 15 is 0 Å². The van der Waals surface area contributed by atoms with Gasteiger partial charge in [-0.25, -0.2) is 9.37 Å². The number of aromatic nitrogens is 3. The molecule has 1 aromatic carbocycles. The van der Waals surface area contributed by atoms with Crippen LogP contribution in [0.4, 0.5) is 10.2 Å². The third kappa shape index (κ3) is 3.83. The fourth-order valence-electron chi connectivity index (χ4n) is 4.63. The van der Waals surface area contributed by atoms with Crippen molar-refractivity contribution >= 4 is 16.7 Å². The fraction of sp³-hybridized carbons (Fsp3) is 0.500. The summed E-state index contributed by atoms with van der Waals surface area (Å²) in [4.78, 5) is 11.5. The molecule has 0 atom stereocenters. The second kappa shape index (κ2) is 7.71. The largest absolute Gasteiger partial charge is 0.356 e. The van der Waals surface area contributed by atoms with E-state index < -0.39 is 0 Å². The highest BCUT2D eigenvalue weighted by molar-refractivity contribution is 5.88. The molecule has 0 unspecified atom stereocenters. The van der Waals surface area contributed by atoms with Crippen molar-refractivity contribution < 1.29 is 8.91 Å². The molecule has 1 N–H and O–H groups in total. The maximum absolute atomic E-state index is 13.8. The van der Waals surface area contributed by atoms with Crippen molar-refractivity contribution in [2.75, 3.05) is 18.0 Å². The summed E-state index contributed by atoms with van der Waals surface area (Å²) in [5.74, 6) is 1.58. The van der Waals surface area contributed by atoms with Gasteiger partial charge in [-0.2, -0.15) is 4.98 Å². The van der Waals surface area contributed by atoms with Crippen LogP contribution in [-0.2, 0) is 0 Å². The first-order chi connectivity index (χ1) is 14.2. The van der Waals surface area contributed by atoms with Crippen molar-refractivity contribution in [3.63, 3.8) is 0 Å². The van der Waals surface area contributed by atoms with Crippen LogP contribution in [-0.4, -0.2) is 40.3 Å². The van der Waals surface area contributed by atoms with E-state index in [1.807, 2.05) is 6.07 Å². The Balaban J connectivity index is 1.43. The van der Waals surface area contributed by atoms with E-state index in [9.17, 15) is 4.39 Å². The standard InChI is InChI=1S/C22H26FN5O/c1-14-24-21(27-29-14)19-12-15-6-7-16(23)13-20(15)26-22(19)28-10-8-18(9-11-28)25-17-4-2-3-5-17/h6-7,12-13,17-18,25H,2-5,8-11H2,1H3. The maximum Gasteiger partial charge on any atom is 0.223 e. The number of benzene rings is 1. The van der Waals surface area contributed by atoms with Crippen LogP contribution in [0.2, 0.25) is 0 Å². The van der Waals surface area contributed by atoms with Crippen LogP contribution in [0.1, 0.15) is 44.4 Å². The Labute approximate surface area is 169 Å². The minimum Gasteiger partial charge on any atom is -0.356 e. The van der Waals surface area contributed by atoms with Crippen LogP contribution in [0, 0.1) is 12.7 Å². The van der Waals surface area contributed by atoms with Crippen LogP contribution >= 0.6 is 0 Å². The highest BCUT2D eigenvalue weighted by Gasteiger charge is 2.26. The van der Waals surface area contributed by atoms with Gasteiger partial charge in [0, 0.05) is 43.5 Å². The molecular formula is C22H26FN5O.